The molecule has 3 nitrogen and oxygen atoms in total. The molecule has 0 saturated carbocycles. The molecule has 9 heavy (non-hydrogen) atoms. The largest absolute Gasteiger partial charge is 0.380 e. The summed E-state index contributed by atoms with van der Waals surface area (Å²) in [5.41, 5.74) is -1.24. The van der Waals surface area contributed by atoms with Crippen LogP contribution in [0.15, 0.2) is 0 Å². The van der Waals surface area contributed by atoms with E-state index in [-0.39, 0.29) is 12.4 Å². The van der Waals surface area contributed by atoms with E-state index in [1.807, 2.05) is 0 Å². The van der Waals surface area contributed by atoms with E-state index in [0.717, 1.165) is 0 Å². The van der Waals surface area contributed by atoms with E-state index in [1.165, 1.54) is 6.92 Å². The second-order valence-electron chi connectivity index (χ2n) is 2.59. The van der Waals surface area contributed by atoms with Crippen molar-refractivity contribution in [2.45, 2.75) is 25.6 Å². The minimum Gasteiger partial charge on any atom is -0.380 e. The molecule has 0 aromatic rings. The lowest BCUT2D eigenvalue weighted by Crippen LogP contribution is -2.35. The van der Waals surface area contributed by atoms with Crippen molar-refractivity contribution < 1.29 is 14.6 Å². The number of hydrogen-bond donors (Lipinski definition) is 1. The maximum Gasteiger partial charge on any atom is 0.194 e. The van der Waals surface area contributed by atoms with E-state index in [9.17, 15) is 4.79 Å². The van der Waals surface area contributed by atoms with Crippen LogP contribution in [0.1, 0.15) is 13.8 Å². The summed E-state index contributed by atoms with van der Waals surface area (Å²) in [4.78, 5) is 10.9. The molecule has 2 atom stereocenters. The average molecular weight is 130 g/mol. The average Bonchev–Trinajstić information content (AvgIpc) is 1.97. The van der Waals surface area contributed by atoms with Gasteiger partial charge in [-0.3, -0.25) is 4.79 Å². The Morgan fingerprint density at radius 3 is 2.56 bits per heavy atom. The molecule has 0 spiro atoms. The van der Waals surface area contributed by atoms with E-state index in [2.05, 4.69) is 0 Å². The maximum absolute atomic E-state index is 10.9. The molecule has 0 aromatic carbocycles. The van der Waals surface area contributed by atoms with E-state index >= 15 is 0 Å². The van der Waals surface area contributed by atoms with Crippen molar-refractivity contribution in [1.29, 1.82) is 0 Å². The zero-order valence-electron chi connectivity index (χ0n) is 5.55. The van der Waals surface area contributed by atoms with E-state index in [0.29, 0.717) is 0 Å². The highest BCUT2D eigenvalue weighted by molar-refractivity contribution is 5.92. The van der Waals surface area contributed by atoms with Gasteiger partial charge in [-0.15, -0.1) is 0 Å². The minimum absolute atomic E-state index is 0.132. The van der Waals surface area contributed by atoms with Crippen LogP contribution in [-0.2, 0) is 9.53 Å². The Kier molecular flexibility index (Phi) is 1.33. The molecule has 1 aliphatic rings. The molecule has 1 rings (SSSR count). The first-order chi connectivity index (χ1) is 4.04. The molecule has 1 fully saturated rings. The molecule has 2 unspecified atom stereocenters. The monoisotopic (exact) mass is 130 g/mol. The number of aliphatic hydroxyl groups is 1. The van der Waals surface area contributed by atoms with Crippen molar-refractivity contribution in [3.8, 4) is 0 Å². The van der Waals surface area contributed by atoms with Crippen molar-refractivity contribution in [3.05, 3.63) is 0 Å². The Bertz CT molecular complexity index is 139. The van der Waals surface area contributed by atoms with Gasteiger partial charge in [-0.1, -0.05) is 0 Å². The zero-order chi connectivity index (χ0) is 7.07. The van der Waals surface area contributed by atoms with Crippen molar-refractivity contribution in [2.75, 3.05) is 6.61 Å². The van der Waals surface area contributed by atoms with Gasteiger partial charge >= 0.3 is 0 Å². The summed E-state index contributed by atoms with van der Waals surface area (Å²) < 4.78 is 4.88. The highest BCUT2D eigenvalue weighted by Crippen LogP contribution is 2.18. The summed E-state index contributed by atoms with van der Waals surface area (Å²) in [6.45, 7) is 3.25. The normalized spacial score (nSPS) is 43.9. The summed E-state index contributed by atoms with van der Waals surface area (Å²) in [6.07, 6.45) is -0.431. The third-order valence-corrected chi connectivity index (χ3v) is 1.51. The Labute approximate surface area is 53.6 Å². The standard InChI is InChI=1S/C6H10O3/c1-4-5(7)6(2,8)3-9-4/h4,8H,3H2,1-2H3. The Morgan fingerprint density at radius 1 is 1.89 bits per heavy atom. The molecule has 0 amide bonds. The summed E-state index contributed by atoms with van der Waals surface area (Å²) in [5.74, 6) is -0.220. The minimum atomic E-state index is -1.24. The van der Waals surface area contributed by atoms with Gasteiger partial charge in [0.1, 0.15) is 11.7 Å². The van der Waals surface area contributed by atoms with Crippen LogP contribution in [-0.4, -0.2) is 29.2 Å². The molecule has 1 aliphatic heterocycles. The predicted octanol–water partition coefficient (Wildman–Crippen LogP) is -0.275. The second kappa shape index (κ2) is 1.78. The summed E-state index contributed by atoms with van der Waals surface area (Å²) in [6, 6.07) is 0. The van der Waals surface area contributed by atoms with Crippen LogP contribution < -0.4 is 0 Å². The molecule has 0 aromatic heterocycles. The molecule has 1 saturated heterocycles. The van der Waals surface area contributed by atoms with E-state index in [4.69, 9.17) is 9.84 Å². The fourth-order valence-corrected chi connectivity index (χ4v) is 0.872. The highest BCUT2D eigenvalue weighted by atomic mass is 16.5. The summed E-state index contributed by atoms with van der Waals surface area (Å²) >= 11 is 0. The van der Waals surface area contributed by atoms with Crippen LogP contribution in [0.3, 0.4) is 0 Å². The number of ketones is 1. The zero-order valence-corrected chi connectivity index (χ0v) is 5.55. The summed E-state index contributed by atoms with van der Waals surface area (Å²) in [5, 5.41) is 9.16. The molecule has 0 aliphatic carbocycles. The van der Waals surface area contributed by atoms with Gasteiger partial charge in [0.05, 0.1) is 6.61 Å². The van der Waals surface area contributed by atoms with Gasteiger partial charge in [0.2, 0.25) is 0 Å². The number of rotatable bonds is 0. The number of carbonyl (C=O) groups excluding carboxylic acids is 1. The fraction of sp³-hybridized carbons (Fsp3) is 0.833. The second-order valence-corrected chi connectivity index (χ2v) is 2.59. The molecule has 1 N–H and O–H groups in total. The first-order valence-electron chi connectivity index (χ1n) is 2.92. The van der Waals surface area contributed by atoms with E-state index < -0.39 is 11.7 Å². The first kappa shape index (κ1) is 6.71. The van der Waals surface area contributed by atoms with Crippen molar-refractivity contribution in [3.63, 3.8) is 0 Å². The van der Waals surface area contributed by atoms with Gasteiger partial charge in [0.25, 0.3) is 0 Å². The smallest absolute Gasteiger partial charge is 0.194 e. The molecular formula is C6H10O3. The van der Waals surface area contributed by atoms with Gasteiger partial charge in [-0.25, -0.2) is 0 Å². The maximum atomic E-state index is 10.9. The van der Waals surface area contributed by atoms with Gasteiger partial charge < -0.3 is 9.84 Å². The van der Waals surface area contributed by atoms with Crippen LogP contribution in [0.5, 0.6) is 0 Å². The van der Waals surface area contributed by atoms with Crippen molar-refractivity contribution in [2.24, 2.45) is 0 Å². The predicted molar refractivity (Wildman–Crippen MR) is 31.0 cm³/mol. The van der Waals surface area contributed by atoms with E-state index in [1.54, 1.807) is 6.92 Å². The van der Waals surface area contributed by atoms with Gasteiger partial charge in [0.15, 0.2) is 5.78 Å². The Hall–Kier alpha value is -0.410. The number of hydrogen-bond acceptors (Lipinski definition) is 3. The van der Waals surface area contributed by atoms with Crippen molar-refractivity contribution in [1.82, 2.24) is 0 Å². The van der Waals surface area contributed by atoms with Crippen LogP contribution in [0.25, 0.3) is 0 Å². The van der Waals surface area contributed by atoms with Crippen LogP contribution in [0.2, 0.25) is 0 Å². The van der Waals surface area contributed by atoms with Crippen molar-refractivity contribution >= 4 is 5.78 Å². The molecular weight excluding hydrogens is 120 g/mol. The molecule has 0 radical (unpaired) electrons. The topological polar surface area (TPSA) is 46.5 Å². The molecule has 0 bridgehead atoms. The Morgan fingerprint density at radius 2 is 2.44 bits per heavy atom. The van der Waals surface area contributed by atoms with Gasteiger partial charge in [-0.05, 0) is 13.8 Å². The number of Topliss-reactive ketones (excluding diaryl/α,β-unsaturated/α-hetero) is 1. The highest BCUT2D eigenvalue weighted by Gasteiger charge is 2.41. The molecule has 52 valence electrons. The third-order valence-electron chi connectivity index (χ3n) is 1.51. The van der Waals surface area contributed by atoms with Crippen LogP contribution >= 0.6 is 0 Å². The third kappa shape index (κ3) is 0.976. The lowest BCUT2D eigenvalue weighted by atomic mass is 10.0. The molecule has 1 heterocycles. The lowest BCUT2D eigenvalue weighted by molar-refractivity contribution is -0.132. The number of ether oxygens (including phenoxy) is 1. The Balaban J connectivity index is 2.74. The number of carbonyl (C=O) groups is 1. The van der Waals surface area contributed by atoms with Crippen LogP contribution in [0.4, 0.5) is 0 Å². The SMILES string of the molecule is CC1OCC(C)(O)C1=O. The van der Waals surface area contributed by atoms with Gasteiger partial charge in [-0.2, -0.15) is 0 Å². The fourth-order valence-electron chi connectivity index (χ4n) is 0.872. The van der Waals surface area contributed by atoms with Gasteiger partial charge in [0, 0.05) is 0 Å². The lowest BCUT2D eigenvalue weighted by Gasteiger charge is -2.09. The summed E-state index contributed by atoms with van der Waals surface area (Å²) in [7, 11) is 0. The first-order valence-corrected chi connectivity index (χ1v) is 2.92. The quantitative estimate of drug-likeness (QED) is 0.490. The molecule has 3 heteroatoms. The van der Waals surface area contributed by atoms with Crippen LogP contribution in [0, 0.1) is 0 Å².